The number of thiophene rings is 1. The van der Waals surface area contributed by atoms with E-state index in [1.54, 1.807) is 0 Å². The molecule has 0 aliphatic carbocycles. The highest BCUT2D eigenvalue weighted by atomic mass is 32.1. The van der Waals surface area contributed by atoms with Crippen LogP contribution in [-0.4, -0.2) is 30.4 Å². The number of carboxylic acid groups (broad SMARTS) is 1. The van der Waals surface area contributed by atoms with Gasteiger partial charge in [-0.05, 0) is 26.3 Å². The van der Waals surface area contributed by atoms with E-state index in [9.17, 15) is 4.79 Å². The van der Waals surface area contributed by atoms with Gasteiger partial charge in [0, 0.05) is 4.88 Å². The second-order valence-electron chi connectivity index (χ2n) is 4.23. The molecule has 0 saturated heterocycles. The summed E-state index contributed by atoms with van der Waals surface area (Å²) >= 11 is 1.29. The van der Waals surface area contributed by atoms with Gasteiger partial charge >= 0.3 is 5.97 Å². The Morgan fingerprint density at radius 1 is 1.44 bits per heavy atom. The molecule has 18 heavy (non-hydrogen) atoms. The first kappa shape index (κ1) is 15.0. The number of hydrogen-bond acceptors (Lipinski definition) is 4. The zero-order valence-electron chi connectivity index (χ0n) is 11.1. The fourth-order valence-corrected chi connectivity index (χ4v) is 2.52. The van der Waals surface area contributed by atoms with E-state index in [0.29, 0.717) is 19.0 Å². The second-order valence-corrected chi connectivity index (χ2v) is 5.37. The number of carbonyl (C=O) groups is 1. The molecule has 0 fully saturated rings. The van der Waals surface area contributed by atoms with Crippen molar-refractivity contribution in [2.24, 2.45) is 0 Å². The molecule has 0 aliphatic rings. The predicted molar refractivity (Wildman–Crippen MR) is 71.9 cm³/mol. The minimum Gasteiger partial charge on any atom is -0.489 e. The number of aryl methyl sites for hydroxylation is 1. The van der Waals surface area contributed by atoms with Crippen molar-refractivity contribution in [3.05, 3.63) is 15.8 Å². The van der Waals surface area contributed by atoms with Crippen LogP contribution in [0.4, 0.5) is 0 Å². The van der Waals surface area contributed by atoms with E-state index in [0.717, 1.165) is 17.7 Å². The Morgan fingerprint density at radius 2 is 2.17 bits per heavy atom. The summed E-state index contributed by atoms with van der Waals surface area (Å²) < 4.78 is 10.8. The van der Waals surface area contributed by atoms with Crippen LogP contribution in [0.25, 0.3) is 0 Å². The predicted octanol–water partition coefficient (Wildman–Crippen LogP) is 3.20. The summed E-state index contributed by atoms with van der Waals surface area (Å²) in [5, 5.41) is 9.09. The van der Waals surface area contributed by atoms with Crippen LogP contribution in [-0.2, 0) is 11.2 Å². The standard InChI is InChI=1S/C13H20O4S/c1-4-5-10-8-11(12(18-10)13(14)15)17-7-6-16-9(2)3/h8-9H,4-7H2,1-3H3,(H,14,15). The molecule has 0 amide bonds. The van der Waals surface area contributed by atoms with E-state index in [2.05, 4.69) is 6.92 Å². The van der Waals surface area contributed by atoms with E-state index >= 15 is 0 Å². The average molecular weight is 272 g/mol. The number of carboxylic acids is 1. The van der Waals surface area contributed by atoms with Gasteiger partial charge in [-0.2, -0.15) is 0 Å². The Labute approximate surface area is 112 Å². The Hall–Kier alpha value is -1.07. The largest absolute Gasteiger partial charge is 0.489 e. The van der Waals surface area contributed by atoms with Crippen molar-refractivity contribution in [3.63, 3.8) is 0 Å². The molecule has 0 unspecified atom stereocenters. The summed E-state index contributed by atoms with van der Waals surface area (Å²) in [5.74, 6) is -0.467. The fraction of sp³-hybridized carbons (Fsp3) is 0.615. The van der Waals surface area contributed by atoms with E-state index < -0.39 is 5.97 Å². The van der Waals surface area contributed by atoms with Gasteiger partial charge in [-0.3, -0.25) is 0 Å². The van der Waals surface area contributed by atoms with Gasteiger partial charge in [-0.25, -0.2) is 4.79 Å². The number of rotatable bonds is 8. The lowest BCUT2D eigenvalue weighted by Gasteiger charge is -2.08. The topological polar surface area (TPSA) is 55.8 Å². The first-order valence-corrected chi connectivity index (χ1v) is 6.96. The van der Waals surface area contributed by atoms with Gasteiger partial charge in [-0.1, -0.05) is 13.3 Å². The lowest BCUT2D eigenvalue weighted by molar-refractivity contribution is 0.0541. The first-order valence-electron chi connectivity index (χ1n) is 6.15. The Kier molecular flexibility index (Phi) is 6.15. The van der Waals surface area contributed by atoms with Gasteiger partial charge in [0.2, 0.25) is 0 Å². The summed E-state index contributed by atoms with van der Waals surface area (Å²) in [7, 11) is 0. The van der Waals surface area contributed by atoms with Crippen molar-refractivity contribution in [2.45, 2.75) is 39.7 Å². The molecule has 0 bridgehead atoms. The molecule has 0 atom stereocenters. The van der Waals surface area contributed by atoms with E-state index in [-0.39, 0.29) is 11.0 Å². The third-order valence-corrected chi connectivity index (χ3v) is 3.40. The van der Waals surface area contributed by atoms with Crippen molar-refractivity contribution >= 4 is 17.3 Å². The quantitative estimate of drug-likeness (QED) is 0.738. The van der Waals surface area contributed by atoms with Crippen LogP contribution in [0.2, 0.25) is 0 Å². The third kappa shape index (κ3) is 4.66. The molecule has 1 aromatic rings. The van der Waals surface area contributed by atoms with E-state index in [4.69, 9.17) is 14.6 Å². The molecule has 0 spiro atoms. The van der Waals surface area contributed by atoms with Crippen molar-refractivity contribution in [1.82, 2.24) is 0 Å². The van der Waals surface area contributed by atoms with E-state index in [1.807, 2.05) is 19.9 Å². The van der Waals surface area contributed by atoms with Crippen LogP contribution >= 0.6 is 11.3 Å². The molecule has 4 nitrogen and oxygen atoms in total. The molecule has 1 aromatic heterocycles. The molecule has 1 heterocycles. The molecule has 5 heteroatoms. The van der Waals surface area contributed by atoms with Crippen LogP contribution in [0.15, 0.2) is 6.07 Å². The van der Waals surface area contributed by atoms with Gasteiger partial charge in [0.1, 0.15) is 12.4 Å². The number of hydrogen-bond donors (Lipinski definition) is 1. The maximum absolute atomic E-state index is 11.1. The van der Waals surface area contributed by atoms with Crippen LogP contribution in [0.1, 0.15) is 41.7 Å². The molecular weight excluding hydrogens is 252 g/mol. The minimum atomic E-state index is -0.929. The van der Waals surface area contributed by atoms with Gasteiger partial charge in [0.15, 0.2) is 4.88 Å². The van der Waals surface area contributed by atoms with Crippen molar-refractivity contribution in [1.29, 1.82) is 0 Å². The average Bonchev–Trinajstić information content (AvgIpc) is 2.68. The summed E-state index contributed by atoms with van der Waals surface area (Å²) in [6, 6.07) is 1.83. The highest BCUT2D eigenvalue weighted by molar-refractivity contribution is 7.14. The Bertz CT molecular complexity index is 384. The van der Waals surface area contributed by atoms with Gasteiger partial charge in [0.25, 0.3) is 0 Å². The smallest absolute Gasteiger partial charge is 0.349 e. The maximum atomic E-state index is 11.1. The molecule has 1 rings (SSSR count). The minimum absolute atomic E-state index is 0.158. The summed E-state index contributed by atoms with van der Waals surface area (Å²) in [4.78, 5) is 12.4. The monoisotopic (exact) mass is 272 g/mol. The Morgan fingerprint density at radius 3 is 2.72 bits per heavy atom. The van der Waals surface area contributed by atoms with Crippen LogP contribution in [0, 0.1) is 0 Å². The summed E-state index contributed by atoms with van der Waals surface area (Å²) in [6.07, 6.45) is 2.04. The van der Waals surface area contributed by atoms with Gasteiger partial charge in [0.05, 0.1) is 12.7 Å². The van der Waals surface area contributed by atoms with Crippen LogP contribution < -0.4 is 4.74 Å². The lowest BCUT2D eigenvalue weighted by atomic mass is 10.3. The SMILES string of the molecule is CCCc1cc(OCCOC(C)C)c(C(=O)O)s1. The second kappa shape index (κ2) is 7.38. The summed E-state index contributed by atoms with van der Waals surface area (Å²) in [5.41, 5.74) is 0. The number of aromatic carboxylic acids is 1. The molecule has 102 valence electrons. The van der Waals surface area contributed by atoms with Gasteiger partial charge < -0.3 is 14.6 Å². The van der Waals surface area contributed by atoms with Gasteiger partial charge in [-0.15, -0.1) is 11.3 Å². The normalized spacial score (nSPS) is 10.9. The highest BCUT2D eigenvalue weighted by Gasteiger charge is 2.16. The van der Waals surface area contributed by atoms with Crippen molar-refractivity contribution < 1.29 is 19.4 Å². The highest BCUT2D eigenvalue weighted by Crippen LogP contribution is 2.30. The van der Waals surface area contributed by atoms with Crippen molar-refractivity contribution in [2.75, 3.05) is 13.2 Å². The van der Waals surface area contributed by atoms with Crippen LogP contribution in [0.3, 0.4) is 0 Å². The first-order chi connectivity index (χ1) is 8.54. The summed E-state index contributed by atoms with van der Waals surface area (Å²) in [6.45, 7) is 6.81. The van der Waals surface area contributed by atoms with Crippen molar-refractivity contribution in [3.8, 4) is 5.75 Å². The molecule has 0 aromatic carbocycles. The Balaban J connectivity index is 2.59. The molecule has 0 radical (unpaired) electrons. The zero-order chi connectivity index (χ0) is 13.5. The molecule has 0 aliphatic heterocycles. The lowest BCUT2D eigenvalue weighted by Crippen LogP contribution is -2.12. The molecule has 0 saturated carbocycles. The van der Waals surface area contributed by atoms with E-state index in [1.165, 1.54) is 11.3 Å². The van der Waals surface area contributed by atoms with Crippen LogP contribution in [0.5, 0.6) is 5.75 Å². The molecular formula is C13H20O4S. The number of ether oxygens (including phenoxy) is 2. The third-order valence-electron chi connectivity index (χ3n) is 2.23. The maximum Gasteiger partial charge on any atom is 0.349 e. The molecule has 1 N–H and O–H groups in total. The zero-order valence-corrected chi connectivity index (χ0v) is 11.9. The fourth-order valence-electron chi connectivity index (χ4n) is 1.48.